The van der Waals surface area contributed by atoms with E-state index < -0.39 is 13.9 Å². The molecule has 0 saturated heterocycles. The molecule has 0 bridgehead atoms. The fourth-order valence-corrected chi connectivity index (χ4v) is 6.69. The van der Waals surface area contributed by atoms with Gasteiger partial charge in [-0.1, -0.05) is 164 Å². The average molecular weight is 794 g/mol. The van der Waals surface area contributed by atoms with E-state index in [1.165, 1.54) is 103 Å². The van der Waals surface area contributed by atoms with Crippen molar-refractivity contribution in [2.24, 2.45) is 5.73 Å². The van der Waals surface area contributed by atoms with Crippen molar-refractivity contribution in [2.45, 2.75) is 193 Å². The highest BCUT2D eigenvalue weighted by molar-refractivity contribution is 7.47. The molecule has 0 aliphatic heterocycles. The Hall–Kier alpha value is -1.80. The highest BCUT2D eigenvalue weighted by atomic mass is 31.2. The van der Waals surface area contributed by atoms with Crippen molar-refractivity contribution >= 4 is 13.8 Å². The fraction of sp³-hybridized carbons (Fsp3) is 0.761. The molecule has 0 aliphatic rings. The zero-order valence-electron chi connectivity index (χ0n) is 35.4. The molecule has 320 valence electrons. The summed E-state index contributed by atoms with van der Waals surface area (Å²) in [6.45, 7) is 4.78. The van der Waals surface area contributed by atoms with Crippen LogP contribution in [0.1, 0.15) is 187 Å². The van der Waals surface area contributed by atoms with Crippen LogP contribution in [-0.2, 0) is 27.9 Å². The molecule has 0 aromatic carbocycles. The minimum atomic E-state index is -4.28. The first-order chi connectivity index (χ1) is 26.9. The second-order valence-electron chi connectivity index (χ2n) is 14.5. The Bertz CT molecular complexity index is 1030. The number of ether oxygens (including phenoxy) is 2. The van der Waals surface area contributed by atoms with Gasteiger partial charge in [-0.2, -0.15) is 0 Å². The first-order valence-electron chi connectivity index (χ1n) is 22.3. The summed E-state index contributed by atoms with van der Waals surface area (Å²) in [5.74, 6) is -0.342. The van der Waals surface area contributed by atoms with Gasteiger partial charge < -0.3 is 20.1 Å². The SMILES string of the molecule is CC/C=C\C/C=C\C/C=C\C/C=C\CCCCCCCCCCC(=O)OC(COCCCCCCCC/C=C\CCCCCCC)COP(=O)(O)OCCN. The van der Waals surface area contributed by atoms with Crippen LogP contribution in [0.3, 0.4) is 0 Å². The summed E-state index contributed by atoms with van der Waals surface area (Å²) >= 11 is 0. The smallest absolute Gasteiger partial charge is 0.457 e. The number of hydrogen-bond donors (Lipinski definition) is 2. The largest absolute Gasteiger partial charge is 0.472 e. The molecular formula is C46H84NO7P. The molecule has 0 spiro atoms. The number of carbonyl (C=O) groups is 1. The molecule has 2 unspecified atom stereocenters. The van der Waals surface area contributed by atoms with Gasteiger partial charge in [-0.25, -0.2) is 4.57 Å². The number of phosphoric ester groups is 1. The Morgan fingerprint density at radius 1 is 0.564 bits per heavy atom. The van der Waals surface area contributed by atoms with Crippen molar-refractivity contribution < 1.29 is 32.8 Å². The molecule has 3 N–H and O–H groups in total. The number of rotatable bonds is 42. The van der Waals surface area contributed by atoms with Gasteiger partial charge in [0.1, 0.15) is 6.10 Å². The van der Waals surface area contributed by atoms with Crippen LogP contribution in [0, 0.1) is 0 Å². The molecular weight excluding hydrogens is 709 g/mol. The van der Waals surface area contributed by atoms with Gasteiger partial charge in [-0.05, 0) is 77.0 Å². The number of allylic oxidation sites excluding steroid dienone is 10. The minimum Gasteiger partial charge on any atom is -0.457 e. The predicted molar refractivity (Wildman–Crippen MR) is 233 cm³/mol. The van der Waals surface area contributed by atoms with Crippen LogP contribution in [0.25, 0.3) is 0 Å². The summed E-state index contributed by atoms with van der Waals surface area (Å²) in [6.07, 6.45) is 52.3. The van der Waals surface area contributed by atoms with Gasteiger partial charge >= 0.3 is 13.8 Å². The number of unbranched alkanes of at least 4 members (excludes halogenated alkanes) is 19. The van der Waals surface area contributed by atoms with Gasteiger partial charge in [0, 0.05) is 19.6 Å². The Kier molecular flexibility index (Phi) is 41.9. The minimum absolute atomic E-state index is 0.0957. The molecule has 0 saturated carbocycles. The van der Waals surface area contributed by atoms with Crippen LogP contribution in [0.2, 0.25) is 0 Å². The van der Waals surface area contributed by atoms with Crippen LogP contribution < -0.4 is 5.73 Å². The van der Waals surface area contributed by atoms with E-state index in [0.717, 1.165) is 64.2 Å². The monoisotopic (exact) mass is 794 g/mol. The third kappa shape index (κ3) is 43.2. The highest BCUT2D eigenvalue weighted by Gasteiger charge is 2.25. The van der Waals surface area contributed by atoms with Crippen molar-refractivity contribution in [1.29, 1.82) is 0 Å². The summed E-state index contributed by atoms with van der Waals surface area (Å²) in [7, 11) is -4.28. The molecule has 0 heterocycles. The molecule has 0 amide bonds. The summed E-state index contributed by atoms with van der Waals surface area (Å²) in [4.78, 5) is 22.5. The van der Waals surface area contributed by atoms with Crippen LogP contribution in [0.5, 0.6) is 0 Å². The third-order valence-corrected chi connectivity index (χ3v) is 10.2. The van der Waals surface area contributed by atoms with Gasteiger partial charge in [0.2, 0.25) is 0 Å². The van der Waals surface area contributed by atoms with Gasteiger partial charge in [-0.15, -0.1) is 0 Å². The molecule has 0 aromatic heterocycles. The fourth-order valence-electron chi connectivity index (χ4n) is 5.92. The van der Waals surface area contributed by atoms with E-state index in [9.17, 15) is 14.3 Å². The molecule has 8 nitrogen and oxygen atoms in total. The van der Waals surface area contributed by atoms with E-state index in [1.54, 1.807) is 0 Å². The Morgan fingerprint density at radius 3 is 1.55 bits per heavy atom. The van der Waals surface area contributed by atoms with E-state index in [1.807, 2.05) is 0 Å². The molecule has 0 radical (unpaired) electrons. The van der Waals surface area contributed by atoms with Crippen LogP contribution >= 0.6 is 7.82 Å². The predicted octanol–water partition coefficient (Wildman–Crippen LogP) is 13.4. The van der Waals surface area contributed by atoms with Crippen LogP contribution in [0.4, 0.5) is 0 Å². The molecule has 55 heavy (non-hydrogen) atoms. The number of hydrogen-bond acceptors (Lipinski definition) is 7. The number of nitrogens with two attached hydrogens (primary N) is 1. The lowest BCUT2D eigenvalue weighted by atomic mass is 10.1. The molecule has 0 aromatic rings. The van der Waals surface area contributed by atoms with Crippen LogP contribution in [0.15, 0.2) is 60.8 Å². The molecule has 0 aliphatic carbocycles. The maximum Gasteiger partial charge on any atom is 0.472 e. The summed E-state index contributed by atoms with van der Waals surface area (Å²) in [6, 6.07) is 0. The van der Waals surface area contributed by atoms with Crippen molar-refractivity contribution in [3.05, 3.63) is 60.8 Å². The molecule has 0 rings (SSSR count). The van der Waals surface area contributed by atoms with E-state index in [0.29, 0.717) is 13.0 Å². The number of carbonyl (C=O) groups excluding carboxylic acids is 1. The standard InChI is InChI=1S/C46H84NO7P/c1-3-5-7-9-11-13-15-17-19-20-21-22-23-24-25-27-29-31-33-35-37-39-46(48)54-45(44-53-55(49,50)52-42-40-47)43-51-41-38-36-34-32-30-28-26-18-16-14-12-10-8-6-4-2/h5,7,11,13,16-19,21-22,45H,3-4,6,8-10,12,14-15,20,23-44,47H2,1-2H3,(H,49,50)/b7-5-,13-11-,18-16-,19-17-,22-21-. The first kappa shape index (κ1) is 53.2. The molecule has 9 heteroatoms. The van der Waals surface area contributed by atoms with Gasteiger partial charge in [0.15, 0.2) is 0 Å². The van der Waals surface area contributed by atoms with Gasteiger partial charge in [-0.3, -0.25) is 13.8 Å². The first-order valence-corrected chi connectivity index (χ1v) is 23.8. The highest BCUT2D eigenvalue weighted by Crippen LogP contribution is 2.43. The summed E-state index contributed by atoms with van der Waals surface area (Å²) in [5.41, 5.74) is 5.37. The maximum atomic E-state index is 12.6. The van der Waals surface area contributed by atoms with E-state index in [-0.39, 0.29) is 32.3 Å². The maximum absolute atomic E-state index is 12.6. The molecule has 2 atom stereocenters. The summed E-state index contributed by atoms with van der Waals surface area (Å²) in [5, 5.41) is 0. The third-order valence-electron chi connectivity index (χ3n) is 9.17. The zero-order chi connectivity index (χ0) is 40.2. The second-order valence-corrected chi connectivity index (χ2v) is 16.0. The number of esters is 1. The second kappa shape index (κ2) is 43.3. The van der Waals surface area contributed by atoms with Gasteiger partial charge in [0.25, 0.3) is 0 Å². The summed E-state index contributed by atoms with van der Waals surface area (Å²) < 4.78 is 33.4. The normalized spacial score (nSPS) is 14.0. The Balaban J connectivity index is 4.04. The Labute approximate surface area is 338 Å². The topological polar surface area (TPSA) is 117 Å². The Morgan fingerprint density at radius 2 is 1.02 bits per heavy atom. The lowest BCUT2D eigenvalue weighted by Gasteiger charge is -2.20. The number of phosphoric acid groups is 1. The van der Waals surface area contributed by atoms with Crippen molar-refractivity contribution in [1.82, 2.24) is 0 Å². The van der Waals surface area contributed by atoms with Crippen molar-refractivity contribution in [2.75, 3.05) is 33.0 Å². The van der Waals surface area contributed by atoms with E-state index >= 15 is 0 Å². The van der Waals surface area contributed by atoms with Crippen LogP contribution in [-0.4, -0.2) is 49.9 Å². The average Bonchev–Trinajstić information content (AvgIpc) is 3.17. The van der Waals surface area contributed by atoms with Crippen molar-refractivity contribution in [3.8, 4) is 0 Å². The van der Waals surface area contributed by atoms with E-state index in [4.69, 9.17) is 24.3 Å². The lowest BCUT2D eigenvalue weighted by molar-refractivity contribution is -0.154. The molecule has 0 fully saturated rings. The zero-order valence-corrected chi connectivity index (χ0v) is 36.3. The van der Waals surface area contributed by atoms with E-state index in [2.05, 4.69) is 74.6 Å². The quantitative estimate of drug-likeness (QED) is 0.0271. The van der Waals surface area contributed by atoms with Gasteiger partial charge in [0.05, 0.1) is 19.8 Å². The van der Waals surface area contributed by atoms with Crippen molar-refractivity contribution in [3.63, 3.8) is 0 Å². The lowest BCUT2D eigenvalue weighted by Crippen LogP contribution is -2.28.